The molecule has 0 aliphatic carbocycles. The molecule has 0 saturated heterocycles. The van der Waals surface area contributed by atoms with Crippen LogP contribution in [0.5, 0.6) is 0 Å². The first-order valence-corrected chi connectivity index (χ1v) is 8.12. The molecular formula is C11H22N6O2S. The second kappa shape index (κ2) is 6.33. The Bertz CT molecular complexity index is 536. The summed E-state index contributed by atoms with van der Waals surface area (Å²) in [4.78, 5) is 8.48. The molecule has 5 N–H and O–H groups in total. The molecular weight excluding hydrogens is 280 g/mol. The number of hydrazine groups is 1. The Balaban J connectivity index is 2.78. The molecule has 0 amide bonds. The van der Waals surface area contributed by atoms with Gasteiger partial charge in [0, 0.05) is 24.6 Å². The third kappa shape index (κ3) is 5.68. The van der Waals surface area contributed by atoms with Gasteiger partial charge in [0.2, 0.25) is 10.0 Å². The van der Waals surface area contributed by atoms with Gasteiger partial charge in [-0.3, -0.25) is 0 Å². The molecule has 0 saturated carbocycles. The van der Waals surface area contributed by atoms with E-state index in [1.165, 1.54) is 0 Å². The standard InChI is InChI=1S/C11H22N6O2S/c1-5-8-14-9(6-10(15-8)16-12)13-7-11(2,3)17-20(4,18)19/h6,17H,5,7,12H2,1-4H3,(H2,13,14,15,16). The van der Waals surface area contributed by atoms with Crippen molar-refractivity contribution in [3.05, 3.63) is 11.9 Å². The fraction of sp³-hybridized carbons (Fsp3) is 0.636. The highest BCUT2D eigenvalue weighted by Gasteiger charge is 2.22. The van der Waals surface area contributed by atoms with E-state index in [4.69, 9.17) is 5.84 Å². The SMILES string of the molecule is CCc1nc(NN)cc(NCC(C)(C)NS(C)(=O)=O)n1. The minimum atomic E-state index is -3.27. The molecule has 9 heteroatoms. The van der Waals surface area contributed by atoms with Crippen molar-refractivity contribution in [3.8, 4) is 0 Å². The lowest BCUT2D eigenvalue weighted by atomic mass is 10.1. The Morgan fingerprint density at radius 2 is 1.90 bits per heavy atom. The molecule has 0 bridgehead atoms. The highest BCUT2D eigenvalue weighted by Crippen LogP contribution is 2.12. The van der Waals surface area contributed by atoms with Crippen LogP contribution >= 0.6 is 0 Å². The van der Waals surface area contributed by atoms with Crippen molar-refractivity contribution in [2.75, 3.05) is 23.5 Å². The van der Waals surface area contributed by atoms with E-state index in [0.717, 1.165) is 6.26 Å². The lowest BCUT2D eigenvalue weighted by Gasteiger charge is -2.25. The monoisotopic (exact) mass is 302 g/mol. The molecule has 0 radical (unpaired) electrons. The summed E-state index contributed by atoms with van der Waals surface area (Å²) in [7, 11) is -3.27. The number of nitrogens with two attached hydrogens (primary N) is 1. The highest BCUT2D eigenvalue weighted by molar-refractivity contribution is 7.88. The quantitative estimate of drug-likeness (QED) is 0.415. The van der Waals surface area contributed by atoms with Gasteiger partial charge < -0.3 is 10.7 Å². The van der Waals surface area contributed by atoms with Gasteiger partial charge in [0.05, 0.1) is 6.26 Å². The number of nitrogen functional groups attached to an aromatic ring is 1. The molecule has 1 aromatic rings. The van der Waals surface area contributed by atoms with Crippen LogP contribution in [-0.4, -0.2) is 36.7 Å². The summed E-state index contributed by atoms with van der Waals surface area (Å²) in [5.41, 5.74) is 1.84. The Morgan fingerprint density at radius 3 is 2.40 bits per heavy atom. The summed E-state index contributed by atoms with van der Waals surface area (Å²) in [6.45, 7) is 5.88. The maximum Gasteiger partial charge on any atom is 0.209 e. The van der Waals surface area contributed by atoms with Gasteiger partial charge in [0.25, 0.3) is 0 Å². The Morgan fingerprint density at radius 1 is 1.30 bits per heavy atom. The topological polar surface area (TPSA) is 122 Å². The van der Waals surface area contributed by atoms with Crippen LogP contribution in [0.1, 0.15) is 26.6 Å². The van der Waals surface area contributed by atoms with E-state index in [-0.39, 0.29) is 0 Å². The van der Waals surface area contributed by atoms with Gasteiger partial charge in [0.1, 0.15) is 17.5 Å². The number of aromatic nitrogens is 2. The molecule has 1 aromatic heterocycles. The molecule has 20 heavy (non-hydrogen) atoms. The molecule has 0 aliphatic heterocycles. The Kier molecular flexibility index (Phi) is 5.26. The summed E-state index contributed by atoms with van der Waals surface area (Å²) >= 11 is 0. The largest absolute Gasteiger partial charge is 0.368 e. The zero-order valence-electron chi connectivity index (χ0n) is 12.2. The molecule has 0 unspecified atom stereocenters. The van der Waals surface area contributed by atoms with Crippen LogP contribution < -0.4 is 21.3 Å². The third-order valence-corrected chi connectivity index (χ3v) is 3.33. The number of nitrogens with one attached hydrogen (secondary N) is 3. The number of rotatable bonds is 7. The van der Waals surface area contributed by atoms with Crippen molar-refractivity contribution < 1.29 is 8.42 Å². The van der Waals surface area contributed by atoms with Crippen molar-refractivity contribution in [1.82, 2.24) is 14.7 Å². The van der Waals surface area contributed by atoms with Gasteiger partial charge in [0.15, 0.2) is 0 Å². The first-order chi connectivity index (χ1) is 9.15. The van der Waals surface area contributed by atoms with Gasteiger partial charge in [-0.2, -0.15) is 0 Å². The molecule has 0 fully saturated rings. The van der Waals surface area contributed by atoms with E-state index in [9.17, 15) is 8.42 Å². The van der Waals surface area contributed by atoms with Crippen molar-refractivity contribution in [1.29, 1.82) is 0 Å². The zero-order valence-corrected chi connectivity index (χ0v) is 13.0. The molecule has 0 aliphatic rings. The van der Waals surface area contributed by atoms with E-state index in [1.54, 1.807) is 19.9 Å². The van der Waals surface area contributed by atoms with Gasteiger partial charge in [-0.05, 0) is 13.8 Å². The number of aryl methyl sites for hydroxylation is 1. The number of hydrogen-bond acceptors (Lipinski definition) is 7. The van der Waals surface area contributed by atoms with Crippen LogP contribution in [0.2, 0.25) is 0 Å². The van der Waals surface area contributed by atoms with Crippen LogP contribution in [-0.2, 0) is 16.4 Å². The van der Waals surface area contributed by atoms with Crippen molar-refractivity contribution in [2.24, 2.45) is 5.84 Å². The average molecular weight is 302 g/mol. The number of hydrogen-bond donors (Lipinski definition) is 4. The molecule has 0 aromatic carbocycles. The van der Waals surface area contributed by atoms with Gasteiger partial charge in [-0.25, -0.2) is 29.0 Å². The summed E-state index contributed by atoms with van der Waals surface area (Å²) in [5.74, 6) is 7.10. The van der Waals surface area contributed by atoms with Gasteiger partial charge >= 0.3 is 0 Å². The summed E-state index contributed by atoms with van der Waals surface area (Å²) in [6.07, 6.45) is 1.81. The molecule has 114 valence electrons. The second-order valence-corrected chi connectivity index (χ2v) is 6.91. The van der Waals surface area contributed by atoms with E-state index in [0.29, 0.717) is 30.4 Å². The maximum atomic E-state index is 11.3. The normalized spacial score (nSPS) is 12.2. The highest BCUT2D eigenvalue weighted by atomic mass is 32.2. The second-order valence-electron chi connectivity index (χ2n) is 5.16. The first-order valence-electron chi connectivity index (χ1n) is 6.22. The first kappa shape index (κ1) is 16.6. The third-order valence-electron chi connectivity index (χ3n) is 2.41. The Hall–Kier alpha value is -1.45. The number of sulfonamides is 1. The molecule has 0 spiro atoms. The summed E-state index contributed by atoms with van der Waals surface area (Å²) < 4.78 is 25.1. The van der Waals surface area contributed by atoms with Crippen LogP contribution in [0.15, 0.2) is 6.07 Å². The van der Waals surface area contributed by atoms with Crippen molar-refractivity contribution in [2.45, 2.75) is 32.7 Å². The van der Waals surface area contributed by atoms with E-state index in [2.05, 4.69) is 25.4 Å². The molecule has 8 nitrogen and oxygen atoms in total. The maximum absolute atomic E-state index is 11.3. The van der Waals surface area contributed by atoms with Crippen LogP contribution in [0.4, 0.5) is 11.6 Å². The van der Waals surface area contributed by atoms with Crippen molar-refractivity contribution in [3.63, 3.8) is 0 Å². The minimum absolute atomic E-state index is 0.379. The van der Waals surface area contributed by atoms with E-state index < -0.39 is 15.6 Å². The van der Waals surface area contributed by atoms with Crippen LogP contribution in [0.25, 0.3) is 0 Å². The van der Waals surface area contributed by atoms with E-state index in [1.807, 2.05) is 6.92 Å². The van der Waals surface area contributed by atoms with Gasteiger partial charge in [-0.15, -0.1) is 0 Å². The fourth-order valence-electron chi connectivity index (χ4n) is 1.67. The summed E-state index contributed by atoms with van der Waals surface area (Å²) in [6, 6.07) is 1.66. The number of nitrogens with zero attached hydrogens (tertiary/aromatic N) is 2. The lowest BCUT2D eigenvalue weighted by Crippen LogP contribution is -2.47. The fourth-order valence-corrected chi connectivity index (χ4v) is 2.75. The van der Waals surface area contributed by atoms with Crippen LogP contribution in [0.3, 0.4) is 0 Å². The Labute approximate surface area is 119 Å². The predicted octanol–water partition coefficient (Wildman–Crippen LogP) is 0.0643. The smallest absolute Gasteiger partial charge is 0.209 e. The summed E-state index contributed by atoms with van der Waals surface area (Å²) in [5, 5.41) is 3.08. The average Bonchev–Trinajstić information content (AvgIpc) is 2.33. The van der Waals surface area contributed by atoms with Crippen LogP contribution in [0, 0.1) is 0 Å². The zero-order chi connectivity index (χ0) is 15.4. The van der Waals surface area contributed by atoms with Gasteiger partial charge in [-0.1, -0.05) is 6.92 Å². The molecule has 1 heterocycles. The molecule has 0 atom stereocenters. The van der Waals surface area contributed by atoms with E-state index >= 15 is 0 Å². The minimum Gasteiger partial charge on any atom is -0.368 e. The predicted molar refractivity (Wildman–Crippen MR) is 79.8 cm³/mol. The van der Waals surface area contributed by atoms with Crippen molar-refractivity contribution >= 4 is 21.7 Å². The lowest BCUT2D eigenvalue weighted by molar-refractivity contribution is 0.476. The molecule has 1 rings (SSSR count). The number of anilines is 2.